The molecule has 8 nitrogen and oxygen atoms in total. The van der Waals surface area contributed by atoms with E-state index in [9.17, 15) is 4.57 Å². The molecule has 0 radical (unpaired) electrons. The summed E-state index contributed by atoms with van der Waals surface area (Å²) >= 11 is 0. The molecule has 0 spiro atoms. The van der Waals surface area contributed by atoms with Crippen molar-refractivity contribution in [3.05, 3.63) is 41.5 Å². The van der Waals surface area contributed by atoms with Crippen LogP contribution in [0.1, 0.15) is 12.0 Å². The van der Waals surface area contributed by atoms with Crippen LogP contribution in [0.5, 0.6) is 17.2 Å². The van der Waals surface area contributed by atoms with E-state index in [1.807, 2.05) is 0 Å². The highest BCUT2D eigenvalue weighted by atomic mass is 31.2. The Kier molecular flexibility index (Phi) is 7.08. The number of alkyl halides is 2. The van der Waals surface area contributed by atoms with Crippen molar-refractivity contribution in [2.24, 2.45) is 0 Å². The Hall–Kier alpha value is -1.97. The summed E-state index contributed by atoms with van der Waals surface area (Å²) in [6.07, 6.45) is 2.47. The van der Waals surface area contributed by atoms with Crippen molar-refractivity contribution >= 4 is 7.82 Å². The van der Waals surface area contributed by atoms with E-state index < -0.39 is 31.5 Å². The molecule has 0 bridgehead atoms. The Morgan fingerprint density at radius 3 is 2.14 bits per heavy atom. The molecule has 0 saturated heterocycles. The molecule has 2 N–H and O–H groups in total. The van der Waals surface area contributed by atoms with Crippen molar-refractivity contribution in [2.75, 3.05) is 28.4 Å². The summed E-state index contributed by atoms with van der Waals surface area (Å²) < 4.78 is 66.4. The van der Waals surface area contributed by atoms with Crippen molar-refractivity contribution in [1.82, 2.24) is 0 Å². The van der Waals surface area contributed by atoms with Gasteiger partial charge < -0.3 is 28.7 Å². The van der Waals surface area contributed by atoms with Gasteiger partial charge in [0.1, 0.15) is 0 Å². The Morgan fingerprint density at radius 1 is 1.10 bits per heavy atom. The number of phosphoric acid groups is 1. The van der Waals surface area contributed by atoms with Crippen molar-refractivity contribution in [3.63, 3.8) is 0 Å². The van der Waals surface area contributed by atoms with Gasteiger partial charge in [-0.3, -0.25) is 0 Å². The summed E-state index contributed by atoms with van der Waals surface area (Å²) in [4.78, 5) is 18.2. The van der Waals surface area contributed by atoms with E-state index in [-0.39, 0.29) is 29.2 Å². The number of rotatable bonds is 9. The first kappa shape index (κ1) is 23.3. The van der Waals surface area contributed by atoms with Gasteiger partial charge in [-0.2, -0.15) is 0 Å². The summed E-state index contributed by atoms with van der Waals surface area (Å²) in [5.41, 5.74) is -0.309. The van der Waals surface area contributed by atoms with Crippen LogP contribution in [0.4, 0.5) is 8.78 Å². The van der Waals surface area contributed by atoms with E-state index in [1.165, 1.54) is 39.5 Å². The summed E-state index contributed by atoms with van der Waals surface area (Å²) in [6.45, 7) is 0. The molecule has 0 aromatic heterocycles. The van der Waals surface area contributed by atoms with Crippen LogP contribution < -0.4 is 14.2 Å². The molecular formula is C18H23F2O8P. The Balaban J connectivity index is 2.40. The monoisotopic (exact) mass is 436 g/mol. The molecule has 1 atom stereocenters. The molecule has 1 aliphatic rings. The zero-order chi connectivity index (χ0) is 21.9. The van der Waals surface area contributed by atoms with E-state index in [1.54, 1.807) is 0 Å². The molecule has 29 heavy (non-hydrogen) atoms. The molecule has 1 aromatic rings. The number of allylic oxidation sites excluding steroid dienone is 2. The normalized spacial score (nSPS) is 19.7. The predicted molar refractivity (Wildman–Crippen MR) is 99.5 cm³/mol. The number of hydrogen-bond donors (Lipinski definition) is 2. The first-order valence-corrected chi connectivity index (χ1v) is 9.90. The lowest BCUT2D eigenvalue weighted by atomic mass is 9.93. The maximum atomic E-state index is 15.0. The van der Waals surface area contributed by atoms with Crippen LogP contribution in [0.2, 0.25) is 0 Å². The number of ether oxygens (including phenoxy) is 4. The summed E-state index contributed by atoms with van der Waals surface area (Å²) in [6, 6.07) is 2.80. The summed E-state index contributed by atoms with van der Waals surface area (Å²) in [5, 5.41) is 0. The SMILES string of the molecule is COc1cc(CC(F)(F)C2=CC(OC)(OP(=O)(O)O)CC=C2)cc(OC)c1OC. The third kappa shape index (κ3) is 5.55. The Bertz CT molecular complexity index is 823. The average molecular weight is 436 g/mol. The minimum atomic E-state index is -4.99. The van der Waals surface area contributed by atoms with Gasteiger partial charge in [0.2, 0.25) is 11.5 Å². The standard InChI is InChI=1S/C18H23F2O8P/c1-24-14-8-12(9-15(25-2)16(14)26-3)10-18(19,20)13-6-5-7-17(11-13,27-4)28-29(21,22)23/h5-6,8-9,11H,7,10H2,1-4H3,(H2,21,22,23). The number of halogens is 2. The molecule has 1 aromatic carbocycles. The Labute approximate surface area is 166 Å². The fourth-order valence-electron chi connectivity index (χ4n) is 2.96. The van der Waals surface area contributed by atoms with E-state index in [0.29, 0.717) is 0 Å². The molecule has 0 fully saturated rings. The molecule has 11 heteroatoms. The third-order valence-corrected chi connectivity index (χ3v) is 4.81. The zero-order valence-corrected chi connectivity index (χ0v) is 17.2. The van der Waals surface area contributed by atoms with Crippen LogP contribution in [-0.2, 0) is 20.2 Å². The molecule has 0 aliphatic heterocycles. The van der Waals surface area contributed by atoms with Gasteiger partial charge in [-0.25, -0.2) is 17.9 Å². The van der Waals surface area contributed by atoms with Crippen LogP contribution in [0, 0.1) is 0 Å². The number of methoxy groups -OCH3 is 4. The summed E-state index contributed by atoms with van der Waals surface area (Å²) in [7, 11) is 0.271. The third-order valence-electron chi connectivity index (χ3n) is 4.27. The molecular weight excluding hydrogens is 413 g/mol. The van der Waals surface area contributed by atoms with Crippen LogP contribution in [0.25, 0.3) is 0 Å². The smallest absolute Gasteiger partial charge is 0.472 e. The number of hydrogen-bond acceptors (Lipinski definition) is 6. The van der Waals surface area contributed by atoms with E-state index >= 15 is 8.78 Å². The van der Waals surface area contributed by atoms with Gasteiger partial charge in [0, 0.05) is 25.5 Å². The van der Waals surface area contributed by atoms with Crippen LogP contribution in [0.15, 0.2) is 35.9 Å². The van der Waals surface area contributed by atoms with Crippen molar-refractivity contribution < 1.29 is 46.6 Å². The predicted octanol–water partition coefficient (Wildman–Crippen LogP) is 3.23. The van der Waals surface area contributed by atoms with Crippen molar-refractivity contribution in [1.29, 1.82) is 0 Å². The first-order valence-electron chi connectivity index (χ1n) is 8.37. The van der Waals surface area contributed by atoms with E-state index in [2.05, 4.69) is 4.52 Å². The minimum Gasteiger partial charge on any atom is -0.493 e. The highest BCUT2D eigenvalue weighted by Gasteiger charge is 2.42. The van der Waals surface area contributed by atoms with Gasteiger partial charge in [0.15, 0.2) is 11.5 Å². The minimum absolute atomic E-state index is 0.141. The largest absolute Gasteiger partial charge is 0.493 e. The second kappa shape index (κ2) is 8.81. The van der Waals surface area contributed by atoms with Gasteiger partial charge >= 0.3 is 7.82 Å². The second-order valence-electron chi connectivity index (χ2n) is 6.22. The topological polar surface area (TPSA) is 104 Å². The average Bonchev–Trinajstić information content (AvgIpc) is 2.65. The van der Waals surface area contributed by atoms with Crippen LogP contribution in [0.3, 0.4) is 0 Å². The Morgan fingerprint density at radius 2 is 1.69 bits per heavy atom. The maximum absolute atomic E-state index is 15.0. The highest BCUT2D eigenvalue weighted by Crippen LogP contribution is 2.47. The van der Waals surface area contributed by atoms with E-state index in [4.69, 9.17) is 28.7 Å². The van der Waals surface area contributed by atoms with Gasteiger partial charge in [-0.1, -0.05) is 12.2 Å². The van der Waals surface area contributed by atoms with Gasteiger partial charge in [-0.15, -0.1) is 0 Å². The lowest BCUT2D eigenvalue weighted by molar-refractivity contribution is -0.136. The van der Waals surface area contributed by atoms with Crippen LogP contribution >= 0.6 is 7.82 Å². The van der Waals surface area contributed by atoms with Gasteiger partial charge in [0.25, 0.3) is 5.92 Å². The second-order valence-corrected chi connectivity index (χ2v) is 7.38. The van der Waals surface area contributed by atoms with Crippen molar-refractivity contribution in [2.45, 2.75) is 24.6 Å². The van der Waals surface area contributed by atoms with Gasteiger partial charge in [0.05, 0.1) is 21.3 Å². The molecule has 0 saturated carbocycles. The molecule has 1 aliphatic carbocycles. The highest BCUT2D eigenvalue weighted by molar-refractivity contribution is 7.46. The lowest BCUT2D eigenvalue weighted by Crippen LogP contribution is -2.35. The zero-order valence-electron chi connectivity index (χ0n) is 16.3. The summed E-state index contributed by atoms with van der Waals surface area (Å²) in [5.74, 6) is -4.69. The molecule has 0 amide bonds. The number of benzene rings is 1. The molecule has 2 rings (SSSR count). The fraction of sp³-hybridized carbons (Fsp3) is 0.444. The van der Waals surface area contributed by atoms with E-state index in [0.717, 1.165) is 19.3 Å². The number of phosphoric ester groups is 1. The molecule has 162 valence electrons. The maximum Gasteiger partial charge on any atom is 0.472 e. The molecule has 1 unspecified atom stereocenters. The van der Waals surface area contributed by atoms with Gasteiger partial charge in [-0.05, 0) is 23.8 Å². The lowest BCUT2D eigenvalue weighted by Gasteiger charge is -2.32. The van der Waals surface area contributed by atoms with Crippen LogP contribution in [-0.4, -0.2) is 49.9 Å². The quantitative estimate of drug-likeness (QED) is 0.449. The fourth-order valence-corrected chi connectivity index (χ4v) is 3.57. The van der Waals surface area contributed by atoms with Crippen molar-refractivity contribution in [3.8, 4) is 17.2 Å². The molecule has 0 heterocycles. The first-order chi connectivity index (χ1) is 13.5.